The second kappa shape index (κ2) is 7.85. The van der Waals surface area contributed by atoms with Gasteiger partial charge < -0.3 is 0 Å². The first kappa shape index (κ1) is 15.6. The number of hydrogen-bond acceptors (Lipinski definition) is 8. The second-order valence-electron chi connectivity index (χ2n) is 4.42. The quantitative estimate of drug-likeness (QED) is 0.529. The first-order valence-corrected chi connectivity index (χ1v) is 6.03. The molecule has 0 bridgehead atoms. The largest absolute Gasteiger partial charge is 0.237 e. The zero-order valence-electron chi connectivity index (χ0n) is 10.6. The maximum atomic E-state index is 10.5. The fraction of sp³-hybridized carbons (Fsp3) is 0.667. The van der Waals surface area contributed by atoms with Crippen molar-refractivity contribution < 1.29 is 19.2 Å². The minimum Gasteiger partial charge on any atom is -0.211 e. The molecule has 1 fully saturated rings. The van der Waals surface area contributed by atoms with E-state index in [9.17, 15) is 19.2 Å². The predicted molar refractivity (Wildman–Crippen MR) is 65.6 cm³/mol. The Kier molecular flexibility index (Phi) is 6.11. The molecular weight excluding hydrogens is 264 g/mol. The summed E-state index contributed by atoms with van der Waals surface area (Å²) in [6, 6.07) is 0. The number of hydrogen-bond donors (Lipinski definition) is 0. The van der Waals surface area contributed by atoms with Gasteiger partial charge in [-0.2, -0.15) is 20.0 Å². The van der Waals surface area contributed by atoms with Gasteiger partial charge >= 0.3 is 0 Å². The van der Waals surface area contributed by atoms with E-state index < -0.39 is 17.7 Å². The Morgan fingerprint density at radius 1 is 0.650 bits per heavy atom. The van der Waals surface area contributed by atoms with Gasteiger partial charge in [-0.3, -0.25) is 0 Å². The summed E-state index contributed by atoms with van der Waals surface area (Å²) in [5, 5.41) is 0. The number of carbonyl (C=O) groups excluding carboxylic acids is 4. The summed E-state index contributed by atoms with van der Waals surface area (Å²) < 4.78 is 0. The van der Waals surface area contributed by atoms with Crippen LogP contribution in [0.15, 0.2) is 20.0 Å². The molecule has 0 aromatic rings. The molecule has 0 heterocycles. The minimum absolute atomic E-state index is 0.453. The summed E-state index contributed by atoms with van der Waals surface area (Å²) in [4.78, 5) is 56.0. The van der Waals surface area contributed by atoms with Gasteiger partial charge in [0.05, 0.1) is 5.41 Å². The van der Waals surface area contributed by atoms with E-state index >= 15 is 0 Å². The number of aliphatic imine (C=N–C) groups is 4. The zero-order chi connectivity index (χ0) is 14.8. The molecule has 1 saturated carbocycles. The highest BCUT2D eigenvalue weighted by molar-refractivity contribution is 5.40. The molecular formula is C12H12N4O4. The molecule has 0 aromatic heterocycles. The van der Waals surface area contributed by atoms with Crippen LogP contribution in [-0.4, -0.2) is 36.7 Å². The highest BCUT2D eigenvalue weighted by atomic mass is 16.1. The van der Waals surface area contributed by atoms with Crippen molar-refractivity contribution in [1.29, 1.82) is 0 Å². The van der Waals surface area contributed by atoms with Crippen LogP contribution in [-0.2, 0) is 19.2 Å². The lowest BCUT2D eigenvalue weighted by Crippen LogP contribution is -2.43. The maximum Gasteiger partial charge on any atom is 0.237 e. The Morgan fingerprint density at radius 2 is 1.00 bits per heavy atom. The summed E-state index contributed by atoms with van der Waals surface area (Å²) in [6.07, 6.45) is 6.43. The molecule has 0 atom stereocenters. The summed E-state index contributed by atoms with van der Waals surface area (Å²) in [5.74, 6) is 0. The molecule has 0 radical (unpaired) electrons. The first-order valence-electron chi connectivity index (χ1n) is 6.03. The van der Waals surface area contributed by atoms with Gasteiger partial charge in [0, 0.05) is 0 Å². The van der Waals surface area contributed by atoms with Crippen LogP contribution in [0.3, 0.4) is 0 Å². The summed E-state index contributed by atoms with van der Waals surface area (Å²) in [5.41, 5.74) is -0.998. The van der Waals surface area contributed by atoms with E-state index in [2.05, 4.69) is 20.0 Å². The molecule has 0 N–H and O–H groups in total. The van der Waals surface area contributed by atoms with Crippen LogP contribution in [0.1, 0.15) is 32.1 Å². The molecule has 0 amide bonds. The van der Waals surface area contributed by atoms with Crippen LogP contribution in [0.2, 0.25) is 0 Å². The molecule has 20 heavy (non-hydrogen) atoms. The smallest absolute Gasteiger partial charge is 0.211 e. The van der Waals surface area contributed by atoms with Gasteiger partial charge in [-0.15, -0.1) is 0 Å². The van der Waals surface area contributed by atoms with E-state index in [1.54, 1.807) is 0 Å². The zero-order valence-corrected chi connectivity index (χ0v) is 10.6. The van der Waals surface area contributed by atoms with Gasteiger partial charge in [0.25, 0.3) is 0 Å². The van der Waals surface area contributed by atoms with Gasteiger partial charge in [-0.1, -0.05) is 19.3 Å². The van der Waals surface area contributed by atoms with Crippen molar-refractivity contribution in [1.82, 2.24) is 0 Å². The van der Waals surface area contributed by atoms with Crippen LogP contribution in [0.4, 0.5) is 0 Å². The van der Waals surface area contributed by atoms with Crippen molar-refractivity contribution in [2.24, 2.45) is 25.4 Å². The first-order chi connectivity index (χ1) is 9.75. The molecule has 0 spiro atoms. The Morgan fingerprint density at radius 3 is 1.30 bits per heavy atom. The highest BCUT2D eigenvalue weighted by Crippen LogP contribution is 2.45. The second-order valence-corrected chi connectivity index (χ2v) is 4.42. The van der Waals surface area contributed by atoms with E-state index in [-0.39, 0.29) is 0 Å². The van der Waals surface area contributed by atoms with Gasteiger partial charge in [0.2, 0.25) is 24.3 Å². The van der Waals surface area contributed by atoms with E-state index in [1.807, 2.05) is 0 Å². The molecule has 1 aliphatic rings. The minimum atomic E-state index is -1.13. The third kappa shape index (κ3) is 3.29. The Balaban J connectivity index is 3.37. The van der Waals surface area contributed by atoms with E-state index in [0.717, 1.165) is 19.3 Å². The van der Waals surface area contributed by atoms with E-state index in [4.69, 9.17) is 0 Å². The van der Waals surface area contributed by atoms with Crippen molar-refractivity contribution in [2.75, 3.05) is 0 Å². The average molecular weight is 276 g/mol. The number of nitrogens with zero attached hydrogens (tertiary/aromatic N) is 4. The van der Waals surface area contributed by atoms with Gasteiger partial charge in [0.15, 0.2) is 12.3 Å². The lowest BCUT2D eigenvalue weighted by molar-refractivity contribution is 0.115. The maximum absolute atomic E-state index is 10.5. The molecule has 0 aliphatic heterocycles. The number of isocyanates is 4. The SMILES string of the molecule is O=C=NC(N=C=O)C1(C(N=C=O)N=C=O)CCCCC1. The number of rotatable bonds is 6. The molecule has 1 rings (SSSR count). The predicted octanol–water partition coefficient (Wildman–Crippen LogP) is 0.932. The fourth-order valence-electron chi connectivity index (χ4n) is 2.63. The van der Waals surface area contributed by atoms with Crippen LogP contribution in [0.25, 0.3) is 0 Å². The highest BCUT2D eigenvalue weighted by Gasteiger charge is 2.47. The van der Waals surface area contributed by atoms with Crippen molar-refractivity contribution in [3.8, 4) is 0 Å². The normalized spacial score (nSPS) is 19.0. The molecule has 0 unspecified atom stereocenters. The van der Waals surface area contributed by atoms with Crippen molar-refractivity contribution in [3.63, 3.8) is 0 Å². The van der Waals surface area contributed by atoms with Crippen LogP contribution >= 0.6 is 0 Å². The van der Waals surface area contributed by atoms with Crippen LogP contribution < -0.4 is 0 Å². The summed E-state index contributed by atoms with van der Waals surface area (Å²) in [7, 11) is 0. The molecule has 8 heteroatoms. The third-order valence-electron chi connectivity index (χ3n) is 3.51. The Hall–Kier alpha value is -2.48. The molecule has 8 nitrogen and oxygen atoms in total. The van der Waals surface area contributed by atoms with Crippen LogP contribution in [0, 0.1) is 5.41 Å². The molecule has 104 valence electrons. The van der Waals surface area contributed by atoms with Crippen molar-refractivity contribution in [2.45, 2.75) is 44.4 Å². The molecule has 0 aromatic carbocycles. The monoisotopic (exact) mass is 276 g/mol. The standard InChI is InChI=1S/C12H12N4O4/c17-6-13-10(14-7-18)12(4-2-1-3-5-12)11(15-8-19)16-9-20/h10-11H,1-5H2. The van der Waals surface area contributed by atoms with Gasteiger partial charge in [-0.05, 0) is 12.8 Å². The van der Waals surface area contributed by atoms with Crippen molar-refractivity contribution in [3.05, 3.63) is 0 Å². The molecule has 1 aliphatic carbocycles. The van der Waals surface area contributed by atoms with Gasteiger partial charge in [0.1, 0.15) is 0 Å². The fourth-order valence-corrected chi connectivity index (χ4v) is 2.63. The summed E-state index contributed by atoms with van der Waals surface area (Å²) in [6.45, 7) is 0. The lowest BCUT2D eigenvalue weighted by Gasteiger charge is -2.40. The van der Waals surface area contributed by atoms with Crippen molar-refractivity contribution >= 4 is 24.3 Å². The van der Waals surface area contributed by atoms with Gasteiger partial charge in [-0.25, -0.2) is 19.2 Å². The lowest BCUT2D eigenvalue weighted by atomic mass is 9.69. The Bertz CT molecular complexity index is 452. The van der Waals surface area contributed by atoms with Crippen LogP contribution in [0.5, 0.6) is 0 Å². The topological polar surface area (TPSA) is 118 Å². The van der Waals surface area contributed by atoms with E-state index in [1.165, 1.54) is 24.3 Å². The Labute approximate surface area is 114 Å². The van der Waals surface area contributed by atoms with E-state index in [0.29, 0.717) is 12.8 Å². The summed E-state index contributed by atoms with van der Waals surface area (Å²) >= 11 is 0. The molecule has 0 saturated heterocycles. The third-order valence-corrected chi connectivity index (χ3v) is 3.51. The average Bonchev–Trinajstić information content (AvgIpc) is 2.47.